The van der Waals surface area contributed by atoms with Crippen molar-refractivity contribution in [2.45, 2.75) is 70.8 Å². The number of rotatable bonds is 7. The Morgan fingerprint density at radius 1 is 1.09 bits per heavy atom. The molecule has 3 heteroatoms. The summed E-state index contributed by atoms with van der Waals surface area (Å²) in [7, 11) is 0. The fourth-order valence-electron chi connectivity index (χ4n) is 7.26. The third-order valence-corrected chi connectivity index (χ3v) is 8.82. The SMILES string of the molecule is C[C@]12CC[C@@H]3c4ccc(OCc5ccccc5)cc4CC[C@H]3[C@@H]1[C@H](CCCCN)CC2=O. The van der Waals surface area contributed by atoms with E-state index in [1.54, 1.807) is 0 Å². The minimum atomic E-state index is -0.0925. The zero-order chi connectivity index (χ0) is 22.1. The lowest BCUT2D eigenvalue weighted by Gasteiger charge is -2.50. The first kappa shape index (κ1) is 21.7. The van der Waals surface area contributed by atoms with Crippen molar-refractivity contribution in [1.82, 2.24) is 0 Å². The Hall–Kier alpha value is -2.13. The van der Waals surface area contributed by atoms with Crippen molar-refractivity contribution in [3.63, 3.8) is 0 Å². The van der Waals surface area contributed by atoms with Gasteiger partial charge in [-0.25, -0.2) is 0 Å². The lowest BCUT2D eigenvalue weighted by molar-refractivity contribution is -0.129. The summed E-state index contributed by atoms with van der Waals surface area (Å²) >= 11 is 0. The van der Waals surface area contributed by atoms with Gasteiger partial charge < -0.3 is 10.5 Å². The number of ketones is 1. The summed E-state index contributed by atoms with van der Waals surface area (Å²) in [4.78, 5) is 13.1. The minimum absolute atomic E-state index is 0.0925. The number of carbonyl (C=O) groups is 1. The highest BCUT2D eigenvalue weighted by Gasteiger charge is 2.58. The molecule has 3 nitrogen and oxygen atoms in total. The fourth-order valence-corrected chi connectivity index (χ4v) is 7.26. The number of nitrogens with two attached hydrogens (primary N) is 1. The van der Waals surface area contributed by atoms with Crippen molar-refractivity contribution in [3.05, 3.63) is 65.2 Å². The first-order valence-corrected chi connectivity index (χ1v) is 12.6. The van der Waals surface area contributed by atoms with Gasteiger partial charge in [0.2, 0.25) is 0 Å². The molecule has 0 spiro atoms. The van der Waals surface area contributed by atoms with Crippen LogP contribution in [0.3, 0.4) is 0 Å². The third kappa shape index (κ3) is 3.90. The quantitative estimate of drug-likeness (QED) is 0.543. The summed E-state index contributed by atoms with van der Waals surface area (Å²) < 4.78 is 6.11. The van der Waals surface area contributed by atoms with Crippen molar-refractivity contribution >= 4 is 5.78 Å². The van der Waals surface area contributed by atoms with Gasteiger partial charge in [0.15, 0.2) is 0 Å². The Balaban J connectivity index is 1.34. The van der Waals surface area contributed by atoms with E-state index in [1.807, 2.05) is 6.07 Å². The highest BCUT2D eigenvalue weighted by molar-refractivity contribution is 5.87. The van der Waals surface area contributed by atoms with Crippen LogP contribution in [0.1, 0.15) is 74.5 Å². The molecule has 0 saturated heterocycles. The van der Waals surface area contributed by atoms with Crippen molar-refractivity contribution in [2.75, 3.05) is 6.54 Å². The Bertz CT molecular complexity index is 955. The van der Waals surface area contributed by atoms with E-state index in [9.17, 15) is 4.79 Å². The molecule has 0 aliphatic heterocycles. The zero-order valence-corrected chi connectivity index (χ0v) is 19.4. The van der Waals surface area contributed by atoms with E-state index < -0.39 is 0 Å². The molecule has 5 atom stereocenters. The molecule has 32 heavy (non-hydrogen) atoms. The van der Waals surface area contributed by atoms with Crippen LogP contribution in [0.2, 0.25) is 0 Å². The molecular formula is C29H37NO2. The molecular weight excluding hydrogens is 394 g/mol. The molecule has 0 bridgehead atoms. The van der Waals surface area contributed by atoms with Crippen LogP contribution in [0, 0.1) is 23.2 Å². The number of ether oxygens (including phenoxy) is 1. The Labute approximate surface area is 192 Å². The molecule has 2 aromatic rings. The van der Waals surface area contributed by atoms with Gasteiger partial charge in [-0.2, -0.15) is 0 Å². The van der Waals surface area contributed by atoms with Gasteiger partial charge in [-0.15, -0.1) is 0 Å². The summed E-state index contributed by atoms with van der Waals surface area (Å²) in [6.07, 6.45) is 8.73. The van der Waals surface area contributed by atoms with Crippen LogP contribution in [-0.2, 0) is 17.8 Å². The molecule has 0 unspecified atom stereocenters. The maximum Gasteiger partial charge on any atom is 0.139 e. The monoisotopic (exact) mass is 431 g/mol. The van der Waals surface area contributed by atoms with Crippen LogP contribution in [-0.4, -0.2) is 12.3 Å². The smallest absolute Gasteiger partial charge is 0.139 e. The van der Waals surface area contributed by atoms with E-state index >= 15 is 0 Å². The third-order valence-electron chi connectivity index (χ3n) is 8.82. The topological polar surface area (TPSA) is 52.3 Å². The highest BCUT2D eigenvalue weighted by atomic mass is 16.5. The average Bonchev–Trinajstić information content (AvgIpc) is 3.08. The summed E-state index contributed by atoms with van der Waals surface area (Å²) in [5.74, 6) is 3.86. The van der Waals surface area contributed by atoms with Crippen LogP contribution in [0.25, 0.3) is 0 Å². The van der Waals surface area contributed by atoms with Gasteiger partial charge in [-0.3, -0.25) is 4.79 Å². The number of hydrogen-bond acceptors (Lipinski definition) is 3. The average molecular weight is 432 g/mol. The molecule has 3 aliphatic rings. The van der Waals surface area contributed by atoms with E-state index in [2.05, 4.69) is 49.4 Å². The molecule has 2 fully saturated rings. The van der Waals surface area contributed by atoms with Crippen molar-refractivity contribution in [1.29, 1.82) is 0 Å². The predicted octanol–water partition coefficient (Wildman–Crippen LogP) is 6.05. The van der Waals surface area contributed by atoms with Gasteiger partial charge in [0.25, 0.3) is 0 Å². The summed E-state index contributed by atoms with van der Waals surface area (Å²) in [6, 6.07) is 17.1. The zero-order valence-electron chi connectivity index (χ0n) is 19.4. The number of carbonyl (C=O) groups excluding carboxylic acids is 1. The normalized spacial score (nSPS) is 31.0. The summed E-state index contributed by atoms with van der Waals surface area (Å²) in [5.41, 5.74) is 9.84. The van der Waals surface area contributed by atoms with Crippen LogP contribution < -0.4 is 10.5 Å². The van der Waals surface area contributed by atoms with Crippen LogP contribution in [0.5, 0.6) is 5.75 Å². The first-order chi connectivity index (χ1) is 15.6. The Kier molecular flexibility index (Phi) is 6.11. The fraction of sp³-hybridized carbons (Fsp3) is 0.552. The molecule has 3 aliphatic carbocycles. The highest BCUT2D eigenvalue weighted by Crippen LogP contribution is 2.62. The molecule has 0 radical (unpaired) electrons. The molecule has 0 amide bonds. The van der Waals surface area contributed by atoms with Crippen molar-refractivity contribution in [2.24, 2.45) is 28.9 Å². The van der Waals surface area contributed by atoms with Gasteiger partial charge in [-0.05, 0) is 97.6 Å². The van der Waals surface area contributed by atoms with E-state index in [-0.39, 0.29) is 5.41 Å². The van der Waals surface area contributed by atoms with Crippen molar-refractivity contribution in [3.8, 4) is 5.75 Å². The van der Waals surface area contributed by atoms with Gasteiger partial charge in [-0.1, -0.05) is 49.7 Å². The second-order valence-electron chi connectivity index (χ2n) is 10.6. The van der Waals surface area contributed by atoms with Gasteiger partial charge in [0, 0.05) is 11.8 Å². The van der Waals surface area contributed by atoms with Crippen LogP contribution >= 0.6 is 0 Å². The van der Waals surface area contributed by atoms with Gasteiger partial charge in [0.1, 0.15) is 18.1 Å². The summed E-state index contributed by atoms with van der Waals surface area (Å²) in [5, 5.41) is 0. The van der Waals surface area contributed by atoms with E-state index in [0.717, 1.165) is 50.8 Å². The molecule has 170 valence electrons. The minimum Gasteiger partial charge on any atom is -0.489 e. The number of Topliss-reactive ketones (excluding diaryl/α,β-unsaturated/α-hetero) is 1. The van der Waals surface area contributed by atoms with Crippen molar-refractivity contribution < 1.29 is 9.53 Å². The predicted molar refractivity (Wildman–Crippen MR) is 129 cm³/mol. The maximum absolute atomic E-state index is 13.1. The maximum atomic E-state index is 13.1. The van der Waals surface area contributed by atoms with Crippen LogP contribution in [0.4, 0.5) is 0 Å². The molecule has 0 heterocycles. The largest absolute Gasteiger partial charge is 0.489 e. The second kappa shape index (κ2) is 9.02. The molecule has 0 aromatic heterocycles. The molecule has 2 N–H and O–H groups in total. The van der Waals surface area contributed by atoms with E-state index in [0.29, 0.717) is 36.1 Å². The lowest BCUT2D eigenvalue weighted by Crippen LogP contribution is -2.44. The van der Waals surface area contributed by atoms with Crippen LogP contribution in [0.15, 0.2) is 48.5 Å². The van der Waals surface area contributed by atoms with Gasteiger partial charge >= 0.3 is 0 Å². The lowest BCUT2D eigenvalue weighted by atomic mass is 9.54. The van der Waals surface area contributed by atoms with Gasteiger partial charge in [0.05, 0.1) is 0 Å². The standard InChI is InChI=1S/C29H37NO2/c1-29-15-14-25-24-13-11-23(32-19-20-7-3-2-4-8-20)17-21(24)10-12-26(25)28(29)22(18-27(29)31)9-5-6-16-30/h2-4,7-8,11,13,17,22,25-26,28H,5-6,9-10,12,14-16,18-19,30H2,1H3/t22-,25-,26-,28+,29-/m1/s1. The molecule has 2 aromatic carbocycles. The number of aryl methyl sites for hydroxylation is 1. The van der Waals surface area contributed by atoms with E-state index in [1.165, 1.54) is 29.5 Å². The number of unbranched alkanes of at least 4 members (excludes halogenated alkanes) is 1. The second-order valence-corrected chi connectivity index (χ2v) is 10.6. The number of benzene rings is 2. The Morgan fingerprint density at radius 2 is 1.94 bits per heavy atom. The Morgan fingerprint density at radius 3 is 2.75 bits per heavy atom. The number of fused-ring (bicyclic) bond motifs is 5. The first-order valence-electron chi connectivity index (χ1n) is 12.6. The molecule has 2 saturated carbocycles. The summed E-state index contributed by atoms with van der Waals surface area (Å²) in [6.45, 7) is 3.66. The number of hydrogen-bond donors (Lipinski definition) is 1. The van der Waals surface area contributed by atoms with E-state index in [4.69, 9.17) is 10.5 Å². The molecule has 5 rings (SSSR count).